The zero-order valence-electron chi connectivity index (χ0n) is 9.80. The van der Waals surface area contributed by atoms with Gasteiger partial charge in [0.2, 0.25) is 0 Å². The molecule has 0 radical (unpaired) electrons. The molecule has 0 unspecified atom stereocenters. The summed E-state index contributed by atoms with van der Waals surface area (Å²) in [5.74, 6) is 0. The van der Waals surface area contributed by atoms with Crippen LogP contribution in [0, 0.1) is 13.8 Å². The molecular formula is C12H14N2O2S. The summed E-state index contributed by atoms with van der Waals surface area (Å²) < 4.78 is 1.62. The van der Waals surface area contributed by atoms with Crippen LogP contribution in [0.5, 0.6) is 0 Å². The summed E-state index contributed by atoms with van der Waals surface area (Å²) in [7, 11) is 0. The second-order valence-electron chi connectivity index (χ2n) is 3.94. The number of aliphatic hydroxyl groups is 1. The number of aromatic nitrogens is 2. The number of rotatable bonds is 3. The predicted molar refractivity (Wildman–Crippen MR) is 67.3 cm³/mol. The minimum absolute atomic E-state index is 0.00625. The molecule has 0 bridgehead atoms. The molecular weight excluding hydrogens is 236 g/mol. The van der Waals surface area contributed by atoms with Crippen molar-refractivity contribution in [2.24, 2.45) is 0 Å². The Morgan fingerprint density at radius 1 is 1.47 bits per heavy atom. The summed E-state index contributed by atoms with van der Waals surface area (Å²) in [5.41, 5.74) is 1.77. The van der Waals surface area contributed by atoms with Crippen LogP contribution < -0.4 is 5.56 Å². The van der Waals surface area contributed by atoms with Crippen molar-refractivity contribution in [2.75, 3.05) is 0 Å². The maximum atomic E-state index is 11.7. The average Bonchev–Trinajstić information content (AvgIpc) is 2.63. The van der Waals surface area contributed by atoms with Gasteiger partial charge < -0.3 is 9.67 Å². The first-order valence-electron chi connectivity index (χ1n) is 5.33. The molecule has 2 aromatic heterocycles. The van der Waals surface area contributed by atoms with Crippen LogP contribution in [0.25, 0.3) is 0 Å². The Balaban J connectivity index is 2.28. The highest BCUT2D eigenvalue weighted by atomic mass is 32.1. The first-order valence-corrected chi connectivity index (χ1v) is 6.15. The van der Waals surface area contributed by atoms with Crippen LogP contribution in [-0.4, -0.2) is 14.7 Å². The number of thiazole rings is 1. The molecule has 17 heavy (non-hydrogen) atoms. The summed E-state index contributed by atoms with van der Waals surface area (Å²) in [4.78, 5) is 16.9. The molecule has 0 aliphatic carbocycles. The van der Waals surface area contributed by atoms with Gasteiger partial charge in [-0.25, -0.2) is 4.98 Å². The summed E-state index contributed by atoms with van der Waals surface area (Å²) in [6.45, 7) is 4.23. The topological polar surface area (TPSA) is 55.1 Å². The van der Waals surface area contributed by atoms with Gasteiger partial charge in [-0.1, -0.05) is 0 Å². The van der Waals surface area contributed by atoms with Gasteiger partial charge in [-0.15, -0.1) is 11.3 Å². The number of hydrogen-bond donors (Lipinski definition) is 1. The van der Waals surface area contributed by atoms with Crippen LogP contribution >= 0.6 is 11.3 Å². The Morgan fingerprint density at radius 2 is 2.24 bits per heavy atom. The fraction of sp³-hybridized carbons (Fsp3) is 0.333. The predicted octanol–water partition coefficient (Wildman–Crippen LogP) is 1.46. The van der Waals surface area contributed by atoms with Crippen molar-refractivity contribution in [3.05, 3.63) is 49.8 Å². The minimum atomic E-state index is -0.0246. The molecule has 1 N–H and O–H groups in total. The molecule has 0 fully saturated rings. The number of aryl methyl sites for hydroxylation is 2. The Morgan fingerprint density at radius 3 is 2.82 bits per heavy atom. The molecule has 0 spiro atoms. The van der Waals surface area contributed by atoms with Crippen molar-refractivity contribution in [3.63, 3.8) is 0 Å². The molecule has 0 amide bonds. The van der Waals surface area contributed by atoms with Crippen molar-refractivity contribution in [1.29, 1.82) is 0 Å². The maximum Gasteiger partial charge on any atom is 0.251 e. The van der Waals surface area contributed by atoms with E-state index in [1.54, 1.807) is 16.8 Å². The number of hydrogen-bond acceptors (Lipinski definition) is 4. The highest BCUT2D eigenvalue weighted by Crippen LogP contribution is 2.18. The molecule has 0 aliphatic heterocycles. The third-order valence-electron chi connectivity index (χ3n) is 2.54. The van der Waals surface area contributed by atoms with Gasteiger partial charge in [0, 0.05) is 12.3 Å². The smallest absolute Gasteiger partial charge is 0.251 e. The molecule has 2 aromatic rings. The lowest BCUT2D eigenvalue weighted by atomic mass is 10.3. The maximum absolute atomic E-state index is 11.7. The van der Waals surface area contributed by atoms with Gasteiger partial charge in [0.05, 0.1) is 23.7 Å². The van der Waals surface area contributed by atoms with Crippen LogP contribution in [0.4, 0.5) is 0 Å². The molecule has 0 saturated carbocycles. The fourth-order valence-corrected chi connectivity index (χ4v) is 2.51. The number of aliphatic hydroxyl groups excluding tert-OH is 1. The zero-order chi connectivity index (χ0) is 12.4. The third kappa shape index (κ3) is 2.62. The second-order valence-corrected chi connectivity index (χ2v) is 5.11. The van der Waals surface area contributed by atoms with Crippen LogP contribution in [-0.2, 0) is 13.2 Å². The van der Waals surface area contributed by atoms with E-state index in [1.165, 1.54) is 11.3 Å². The summed E-state index contributed by atoms with van der Waals surface area (Å²) >= 11 is 1.45. The highest BCUT2D eigenvalue weighted by molar-refractivity contribution is 7.11. The largest absolute Gasteiger partial charge is 0.391 e. The second kappa shape index (κ2) is 4.81. The molecule has 0 aromatic carbocycles. The van der Waals surface area contributed by atoms with Gasteiger partial charge >= 0.3 is 0 Å². The van der Waals surface area contributed by atoms with E-state index in [2.05, 4.69) is 4.98 Å². The molecule has 90 valence electrons. The minimum Gasteiger partial charge on any atom is -0.391 e. The zero-order valence-corrected chi connectivity index (χ0v) is 10.6. The Hall–Kier alpha value is -1.46. The lowest BCUT2D eigenvalue weighted by Crippen LogP contribution is -2.19. The Kier molecular flexibility index (Phi) is 3.40. The molecule has 2 heterocycles. The van der Waals surface area contributed by atoms with E-state index in [-0.39, 0.29) is 12.2 Å². The van der Waals surface area contributed by atoms with Crippen molar-refractivity contribution in [1.82, 2.24) is 9.55 Å². The molecule has 0 aliphatic rings. The lowest BCUT2D eigenvalue weighted by molar-refractivity contribution is 0.284. The van der Waals surface area contributed by atoms with Gasteiger partial charge in [-0.3, -0.25) is 4.79 Å². The van der Waals surface area contributed by atoms with Crippen LogP contribution in [0.3, 0.4) is 0 Å². The van der Waals surface area contributed by atoms with E-state index in [4.69, 9.17) is 5.11 Å². The van der Waals surface area contributed by atoms with Gasteiger partial charge in [0.25, 0.3) is 5.56 Å². The lowest BCUT2D eigenvalue weighted by Gasteiger charge is -2.02. The Labute approximate surface area is 103 Å². The van der Waals surface area contributed by atoms with Gasteiger partial charge in [-0.2, -0.15) is 0 Å². The van der Waals surface area contributed by atoms with E-state index < -0.39 is 0 Å². The SMILES string of the molecule is Cc1ccn(Cc2nc(C)c(CO)s2)c(=O)c1. The monoisotopic (exact) mass is 250 g/mol. The summed E-state index contributed by atoms with van der Waals surface area (Å²) in [6, 6.07) is 3.50. The van der Waals surface area contributed by atoms with E-state index in [9.17, 15) is 4.79 Å². The highest BCUT2D eigenvalue weighted by Gasteiger charge is 2.07. The molecule has 4 nitrogen and oxygen atoms in total. The summed E-state index contributed by atoms with van der Waals surface area (Å²) in [6.07, 6.45) is 1.77. The quantitative estimate of drug-likeness (QED) is 0.897. The van der Waals surface area contributed by atoms with E-state index in [1.807, 2.05) is 19.9 Å². The van der Waals surface area contributed by atoms with Gasteiger partial charge in [-0.05, 0) is 25.5 Å². The third-order valence-corrected chi connectivity index (χ3v) is 3.66. The first kappa shape index (κ1) is 12.0. The number of pyridine rings is 1. The average molecular weight is 250 g/mol. The van der Waals surface area contributed by atoms with E-state index in [0.717, 1.165) is 21.1 Å². The molecule has 2 rings (SSSR count). The molecule has 0 saturated heterocycles. The van der Waals surface area contributed by atoms with E-state index in [0.29, 0.717) is 6.54 Å². The van der Waals surface area contributed by atoms with Crippen LogP contribution in [0.2, 0.25) is 0 Å². The van der Waals surface area contributed by atoms with Crippen LogP contribution in [0.1, 0.15) is 21.1 Å². The van der Waals surface area contributed by atoms with Crippen molar-refractivity contribution >= 4 is 11.3 Å². The first-order chi connectivity index (χ1) is 8.10. The van der Waals surface area contributed by atoms with Gasteiger partial charge in [0.1, 0.15) is 5.01 Å². The van der Waals surface area contributed by atoms with Crippen molar-refractivity contribution in [2.45, 2.75) is 27.0 Å². The number of nitrogens with zero attached hydrogens (tertiary/aromatic N) is 2. The molecule has 0 atom stereocenters. The standard InChI is InChI=1S/C12H14N2O2S/c1-8-3-4-14(12(16)5-8)6-11-13-9(2)10(7-15)17-11/h3-5,15H,6-7H2,1-2H3. The Bertz CT molecular complexity index is 586. The molecule has 5 heteroatoms. The summed E-state index contributed by atoms with van der Waals surface area (Å²) in [5, 5.41) is 9.94. The van der Waals surface area contributed by atoms with Crippen molar-refractivity contribution in [3.8, 4) is 0 Å². The fourth-order valence-electron chi connectivity index (χ4n) is 1.59. The van der Waals surface area contributed by atoms with E-state index >= 15 is 0 Å². The van der Waals surface area contributed by atoms with Gasteiger partial charge in [0.15, 0.2) is 0 Å². The van der Waals surface area contributed by atoms with Crippen molar-refractivity contribution < 1.29 is 5.11 Å². The van der Waals surface area contributed by atoms with Crippen LogP contribution in [0.15, 0.2) is 23.1 Å². The normalized spacial score (nSPS) is 10.8.